The van der Waals surface area contributed by atoms with Crippen molar-refractivity contribution in [2.75, 3.05) is 18.1 Å². The van der Waals surface area contributed by atoms with E-state index in [0.29, 0.717) is 19.8 Å². The summed E-state index contributed by atoms with van der Waals surface area (Å²) in [6.45, 7) is 2.70. The maximum Gasteiger partial charge on any atom is 0.267 e. The van der Waals surface area contributed by atoms with Crippen LogP contribution in [0.2, 0.25) is 0 Å². The van der Waals surface area contributed by atoms with Crippen LogP contribution in [0.3, 0.4) is 0 Å². The first-order valence-corrected chi connectivity index (χ1v) is 9.80. The molecule has 8 heteroatoms. The molecule has 2 aliphatic heterocycles. The number of nitrogens with zero attached hydrogens (tertiary/aromatic N) is 5. The Morgan fingerprint density at radius 2 is 2.31 bits per heavy atom. The molecular weight excluding hydrogens is 350 g/mol. The zero-order valence-corrected chi connectivity index (χ0v) is 15.1. The Morgan fingerprint density at radius 1 is 1.35 bits per heavy atom. The Hall–Kier alpha value is -2.32. The van der Waals surface area contributed by atoms with Crippen LogP contribution in [0.5, 0.6) is 0 Å². The van der Waals surface area contributed by atoms with Gasteiger partial charge in [-0.2, -0.15) is 5.10 Å². The summed E-state index contributed by atoms with van der Waals surface area (Å²) >= 11 is 1.67. The predicted octanol–water partition coefficient (Wildman–Crippen LogP) is 1.99. The zero-order valence-electron chi connectivity index (χ0n) is 14.3. The van der Waals surface area contributed by atoms with E-state index in [4.69, 9.17) is 4.74 Å². The summed E-state index contributed by atoms with van der Waals surface area (Å²) in [6, 6.07) is 3.93. The van der Waals surface area contributed by atoms with Crippen molar-refractivity contribution >= 4 is 27.4 Å². The first kappa shape index (κ1) is 15.9. The molecule has 0 amide bonds. The number of hydrogen-bond donors (Lipinski definition) is 0. The smallest absolute Gasteiger partial charge is 0.267 e. The minimum Gasteiger partial charge on any atom is -0.376 e. The molecule has 0 N–H and O–H groups in total. The third-order valence-corrected chi connectivity index (χ3v) is 6.06. The van der Waals surface area contributed by atoms with E-state index >= 15 is 0 Å². The molecule has 1 atom stereocenters. The number of thiophene rings is 1. The molecule has 0 aromatic carbocycles. The summed E-state index contributed by atoms with van der Waals surface area (Å²) in [6.07, 6.45) is 4.52. The molecule has 134 valence electrons. The van der Waals surface area contributed by atoms with Crippen LogP contribution in [0.25, 0.3) is 10.2 Å². The highest BCUT2D eigenvalue weighted by atomic mass is 32.1. The molecule has 1 saturated heterocycles. The number of aromatic nitrogens is 4. The summed E-state index contributed by atoms with van der Waals surface area (Å²) < 4.78 is 8.16. The topological polar surface area (TPSA) is 73.1 Å². The number of anilines is 1. The van der Waals surface area contributed by atoms with Gasteiger partial charge in [-0.05, 0) is 24.3 Å². The van der Waals surface area contributed by atoms with Gasteiger partial charge in [0.15, 0.2) is 0 Å². The summed E-state index contributed by atoms with van der Waals surface area (Å²) in [7, 11) is 0. The first-order chi connectivity index (χ1) is 12.8. The minimum atomic E-state index is -0.0509. The molecule has 0 spiro atoms. The zero-order chi connectivity index (χ0) is 17.5. The van der Waals surface area contributed by atoms with Crippen LogP contribution in [-0.4, -0.2) is 38.9 Å². The van der Waals surface area contributed by atoms with Gasteiger partial charge >= 0.3 is 0 Å². The van der Waals surface area contributed by atoms with E-state index in [1.807, 2.05) is 11.4 Å². The third kappa shape index (κ3) is 2.69. The maximum atomic E-state index is 12.5. The van der Waals surface area contributed by atoms with E-state index < -0.39 is 0 Å². The number of fused-ring (bicyclic) bond motifs is 2. The summed E-state index contributed by atoms with van der Waals surface area (Å²) in [4.78, 5) is 23.7. The van der Waals surface area contributed by atoms with Crippen LogP contribution in [0.15, 0.2) is 28.6 Å². The molecule has 1 unspecified atom stereocenters. The molecule has 0 bridgehead atoms. The monoisotopic (exact) mass is 369 g/mol. The van der Waals surface area contributed by atoms with Crippen molar-refractivity contribution < 1.29 is 4.74 Å². The van der Waals surface area contributed by atoms with Gasteiger partial charge in [-0.25, -0.2) is 14.6 Å². The molecule has 7 nitrogen and oxygen atoms in total. The fourth-order valence-electron chi connectivity index (χ4n) is 3.87. The number of ether oxygens (including phenoxy) is 1. The summed E-state index contributed by atoms with van der Waals surface area (Å²) in [5.74, 6) is 0.979. The number of hydrogen-bond acceptors (Lipinski definition) is 7. The Labute approximate surface area is 154 Å². The van der Waals surface area contributed by atoms with Crippen LogP contribution in [0.4, 0.5) is 5.82 Å². The lowest BCUT2D eigenvalue weighted by Crippen LogP contribution is -2.38. The minimum absolute atomic E-state index is 0.0509. The Kier molecular flexibility index (Phi) is 3.94. The molecule has 5 rings (SSSR count). The largest absolute Gasteiger partial charge is 0.376 e. The predicted molar refractivity (Wildman–Crippen MR) is 99.6 cm³/mol. The lowest BCUT2D eigenvalue weighted by Gasteiger charge is -2.26. The molecule has 5 heterocycles. The van der Waals surface area contributed by atoms with E-state index in [0.717, 1.165) is 53.1 Å². The van der Waals surface area contributed by atoms with Gasteiger partial charge in [-0.3, -0.25) is 4.79 Å². The van der Waals surface area contributed by atoms with Crippen molar-refractivity contribution in [3.8, 4) is 0 Å². The van der Waals surface area contributed by atoms with Gasteiger partial charge in [0.2, 0.25) is 0 Å². The molecule has 2 aliphatic rings. The van der Waals surface area contributed by atoms with Gasteiger partial charge in [0.25, 0.3) is 5.56 Å². The molecule has 0 radical (unpaired) electrons. The highest BCUT2D eigenvalue weighted by molar-refractivity contribution is 7.17. The second-order valence-corrected chi connectivity index (χ2v) is 7.68. The van der Waals surface area contributed by atoms with Crippen molar-refractivity contribution in [1.82, 2.24) is 19.7 Å². The molecule has 0 saturated carbocycles. The molecule has 3 aromatic rings. The molecule has 3 aromatic heterocycles. The van der Waals surface area contributed by atoms with E-state index in [1.54, 1.807) is 28.4 Å². The van der Waals surface area contributed by atoms with Gasteiger partial charge in [-0.1, -0.05) is 0 Å². The summed E-state index contributed by atoms with van der Waals surface area (Å²) in [5, 5.41) is 6.67. The van der Waals surface area contributed by atoms with Crippen molar-refractivity contribution in [2.45, 2.75) is 38.5 Å². The van der Waals surface area contributed by atoms with Crippen LogP contribution >= 0.6 is 11.3 Å². The Bertz CT molecular complexity index is 1010. The van der Waals surface area contributed by atoms with E-state index in [-0.39, 0.29) is 11.6 Å². The van der Waals surface area contributed by atoms with Gasteiger partial charge < -0.3 is 9.64 Å². The van der Waals surface area contributed by atoms with Crippen LogP contribution in [-0.2, 0) is 24.3 Å². The highest BCUT2D eigenvalue weighted by Gasteiger charge is 2.28. The average molecular weight is 369 g/mol. The van der Waals surface area contributed by atoms with Gasteiger partial charge in [0, 0.05) is 24.6 Å². The van der Waals surface area contributed by atoms with Crippen molar-refractivity contribution in [2.24, 2.45) is 0 Å². The lowest BCUT2D eigenvalue weighted by molar-refractivity contribution is 0.108. The highest BCUT2D eigenvalue weighted by Crippen LogP contribution is 2.32. The van der Waals surface area contributed by atoms with Crippen LogP contribution in [0, 0.1) is 0 Å². The Balaban J connectivity index is 1.47. The van der Waals surface area contributed by atoms with E-state index in [1.165, 1.54) is 0 Å². The van der Waals surface area contributed by atoms with Crippen LogP contribution in [0.1, 0.15) is 24.1 Å². The second-order valence-electron chi connectivity index (χ2n) is 6.76. The average Bonchev–Trinajstić information content (AvgIpc) is 3.31. The molecule has 26 heavy (non-hydrogen) atoms. The van der Waals surface area contributed by atoms with Gasteiger partial charge in [0.05, 0.1) is 41.7 Å². The second kappa shape index (κ2) is 6.44. The van der Waals surface area contributed by atoms with Gasteiger partial charge in [-0.15, -0.1) is 11.3 Å². The van der Waals surface area contributed by atoms with Gasteiger partial charge in [0.1, 0.15) is 12.1 Å². The molecular formula is C18H19N5O2S. The van der Waals surface area contributed by atoms with Crippen molar-refractivity contribution in [3.63, 3.8) is 0 Å². The van der Waals surface area contributed by atoms with Crippen molar-refractivity contribution in [3.05, 3.63) is 45.5 Å². The normalized spacial score (nSPS) is 19.8. The quantitative estimate of drug-likeness (QED) is 0.703. The fraction of sp³-hybridized carbons (Fsp3) is 0.444. The fourth-order valence-corrected chi connectivity index (χ4v) is 4.72. The lowest BCUT2D eigenvalue weighted by atomic mass is 10.1. The molecule has 1 fully saturated rings. The van der Waals surface area contributed by atoms with E-state index in [9.17, 15) is 4.79 Å². The van der Waals surface area contributed by atoms with E-state index in [2.05, 4.69) is 20.0 Å². The first-order valence-electron chi connectivity index (χ1n) is 8.92. The van der Waals surface area contributed by atoms with Crippen molar-refractivity contribution in [1.29, 1.82) is 0 Å². The maximum absolute atomic E-state index is 12.5. The summed E-state index contributed by atoms with van der Waals surface area (Å²) in [5.41, 5.74) is 2.85. The Morgan fingerprint density at radius 3 is 3.27 bits per heavy atom. The third-order valence-electron chi connectivity index (χ3n) is 5.16. The number of rotatable bonds is 3. The molecule has 0 aliphatic carbocycles. The SMILES string of the molecule is O=c1cc2c(nn1CC1CCCN1c1ncnc3ccsc13)CCOC2. The van der Waals surface area contributed by atoms with Crippen LogP contribution < -0.4 is 10.5 Å². The standard InChI is InChI=1S/C18H19N5O2S/c24-16-8-12-10-25-6-3-14(12)21-23(16)9-13-2-1-5-22(13)18-17-15(4-7-26-17)19-11-20-18/h4,7-8,11,13H,1-3,5-6,9-10H2.